The van der Waals surface area contributed by atoms with Gasteiger partial charge in [0.25, 0.3) is 5.91 Å². The Kier molecular flexibility index (Phi) is 7.17. The van der Waals surface area contributed by atoms with Crippen LogP contribution in [0, 0.1) is 0 Å². The molecule has 0 bridgehead atoms. The number of rotatable bonds is 9. The maximum atomic E-state index is 13.2. The molecule has 1 N–H and O–H groups in total. The second-order valence-electron chi connectivity index (χ2n) is 7.74. The Morgan fingerprint density at radius 1 is 0.909 bits per heavy atom. The van der Waals surface area contributed by atoms with E-state index in [4.69, 9.17) is 14.6 Å². The molecule has 1 heterocycles. The summed E-state index contributed by atoms with van der Waals surface area (Å²) in [5.74, 6) is 0.538. The molecule has 0 fully saturated rings. The lowest BCUT2D eigenvalue weighted by Gasteiger charge is -2.08. The number of hydrogen-bond donors (Lipinski definition) is 1. The Bertz CT molecular complexity index is 1220. The van der Waals surface area contributed by atoms with Gasteiger partial charge in [-0.3, -0.25) is 9.48 Å². The van der Waals surface area contributed by atoms with E-state index >= 15 is 0 Å². The van der Waals surface area contributed by atoms with Crippen molar-refractivity contribution in [2.45, 2.75) is 19.7 Å². The zero-order chi connectivity index (χ0) is 23.0. The van der Waals surface area contributed by atoms with Crippen molar-refractivity contribution < 1.29 is 14.3 Å². The quantitative estimate of drug-likeness (QED) is 0.410. The lowest BCUT2D eigenvalue weighted by Crippen LogP contribution is -2.23. The highest BCUT2D eigenvalue weighted by molar-refractivity contribution is 5.99. The topological polar surface area (TPSA) is 65.4 Å². The van der Waals surface area contributed by atoms with Crippen molar-refractivity contribution in [2.24, 2.45) is 0 Å². The standard InChI is InChI=1S/C27H27N3O3/c1-32-19-22-11-6-10-21(14-22)16-28-27(31)25-18-30(17-20-8-4-3-5-9-20)29-26(25)23-12-7-13-24(15-23)33-2/h3-15,18H,16-17,19H2,1-2H3,(H,28,31). The molecule has 1 aromatic heterocycles. The van der Waals surface area contributed by atoms with Crippen LogP contribution in [0.5, 0.6) is 5.75 Å². The van der Waals surface area contributed by atoms with Crippen LogP contribution in [0.1, 0.15) is 27.0 Å². The highest BCUT2D eigenvalue weighted by Gasteiger charge is 2.18. The highest BCUT2D eigenvalue weighted by atomic mass is 16.5. The maximum Gasteiger partial charge on any atom is 0.255 e. The Hall–Kier alpha value is -3.90. The van der Waals surface area contributed by atoms with Crippen LogP contribution < -0.4 is 10.1 Å². The predicted molar refractivity (Wildman–Crippen MR) is 128 cm³/mol. The summed E-state index contributed by atoms with van der Waals surface area (Å²) in [7, 11) is 3.29. The van der Waals surface area contributed by atoms with Crippen molar-refractivity contribution in [1.29, 1.82) is 0 Å². The Morgan fingerprint density at radius 3 is 2.45 bits per heavy atom. The first-order valence-corrected chi connectivity index (χ1v) is 10.8. The largest absolute Gasteiger partial charge is 0.497 e. The van der Waals surface area contributed by atoms with Crippen LogP contribution in [-0.2, 0) is 24.4 Å². The number of hydrogen-bond acceptors (Lipinski definition) is 4. The molecule has 168 valence electrons. The average molecular weight is 442 g/mol. The van der Waals surface area contributed by atoms with E-state index in [2.05, 4.69) is 5.32 Å². The van der Waals surface area contributed by atoms with Gasteiger partial charge in [-0.15, -0.1) is 0 Å². The lowest BCUT2D eigenvalue weighted by atomic mass is 10.1. The molecule has 3 aromatic carbocycles. The van der Waals surface area contributed by atoms with Crippen LogP contribution in [0.3, 0.4) is 0 Å². The average Bonchev–Trinajstić information content (AvgIpc) is 3.27. The molecule has 6 heteroatoms. The van der Waals surface area contributed by atoms with Gasteiger partial charge in [0.1, 0.15) is 11.4 Å². The van der Waals surface area contributed by atoms with Gasteiger partial charge < -0.3 is 14.8 Å². The van der Waals surface area contributed by atoms with E-state index in [1.54, 1.807) is 25.1 Å². The van der Waals surface area contributed by atoms with Crippen LogP contribution in [0.4, 0.5) is 0 Å². The van der Waals surface area contributed by atoms with E-state index < -0.39 is 0 Å². The summed E-state index contributed by atoms with van der Waals surface area (Å²) in [6.07, 6.45) is 1.80. The van der Waals surface area contributed by atoms with E-state index in [0.29, 0.717) is 36.7 Å². The first-order chi connectivity index (χ1) is 16.2. The van der Waals surface area contributed by atoms with E-state index in [9.17, 15) is 4.79 Å². The molecule has 0 saturated heterocycles. The number of benzene rings is 3. The molecular formula is C27H27N3O3. The summed E-state index contributed by atoms with van der Waals surface area (Å²) in [5, 5.41) is 7.79. The molecule has 0 saturated carbocycles. The fourth-order valence-electron chi connectivity index (χ4n) is 3.70. The number of carbonyl (C=O) groups is 1. The molecule has 0 unspecified atom stereocenters. The van der Waals surface area contributed by atoms with E-state index in [1.165, 1.54) is 0 Å². The smallest absolute Gasteiger partial charge is 0.255 e. The van der Waals surface area contributed by atoms with Gasteiger partial charge in [-0.05, 0) is 28.8 Å². The number of amides is 1. The number of nitrogens with zero attached hydrogens (tertiary/aromatic N) is 2. The van der Waals surface area contributed by atoms with Crippen LogP contribution >= 0.6 is 0 Å². The van der Waals surface area contributed by atoms with Crippen molar-refractivity contribution in [3.63, 3.8) is 0 Å². The van der Waals surface area contributed by atoms with Crippen LogP contribution in [0.25, 0.3) is 11.3 Å². The van der Waals surface area contributed by atoms with Gasteiger partial charge in [0.2, 0.25) is 0 Å². The second kappa shape index (κ2) is 10.6. The van der Waals surface area contributed by atoms with Crippen molar-refractivity contribution >= 4 is 5.91 Å². The van der Waals surface area contributed by atoms with Gasteiger partial charge in [0.15, 0.2) is 0 Å². The lowest BCUT2D eigenvalue weighted by molar-refractivity contribution is 0.0951. The molecule has 0 atom stereocenters. The SMILES string of the molecule is COCc1cccc(CNC(=O)c2cn(Cc3ccccc3)nc2-c2cccc(OC)c2)c1. The third-order valence-corrected chi connectivity index (χ3v) is 5.29. The van der Waals surface area contributed by atoms with Crippen LogP contribution in [-0.4, -0.2) is 29.9 Å². The van der Waals surface area contributed by atoms with Gasteiger partial charge in [0, 0.05) is 25.4 Å². The minimum Gasteiger partial charge on any atom is -0.497 e. The zero-order valence-corrected chi connectivity index (χ0v) is 18.8. The fraction of sp³-hybridized carbons (Fsp3) is 0.185. The van der Waals surface area contributed by atoms with Crippen molar-refractivity contribution in [3.05, 3.63) is 107 Å². The molecule has 4 rings (SSSR count). The number of methoxy groups -OCH3 is 2. The summed E-state index contributed by atoms with van der Waals surface area (Å²) in [4.78, 5) is 13.2. The third-order valence-electron chi connectivity index (χ3n) is 5.29. The summed E-state index contributed by atoms with van der Waals surface area (Å²) in [6, 6.07) is 25.6. The van der Waals surface area contributed by atoms with Crippen LogP contribution in [0.15, 0.2) is 85.1 Å². The highest BCUT2D eigenvalue weighted by Crippen LogP contribution is 2.26. The van der Waals surface area contributed by atoms with Gasteiger partial charge in [-0.2, -0.15) is 5.10 Å². The fourth-order valence-corrected chi connectivity index (χ4v) is 3.70. The Morgan fingerprint density at radius 2 is 1.67 bits per heavy atom. The van der Waals surface area contributed by atoms with E-state index in [1.807, 2.05) is 78.9 Å². The minimum atomic E-state index is -0.177. The second-order valence-corrected chi connectivity index (χ2v) is 7.74. The number of ether oxygens (including phenoxy) is 2. The molecule has 0 radical (unpaired) electrons. The van der Waals surface area contributed by atoms with Crippen LogP contribution in [0.2, 0.25) is 0 Å². The molecular weight excluding hydrogens is 414 g/mol. The number of carbonyl (C=O) groups excluding carboxylic acids is 1. The number of nitrogens with one attached hydrogen (secondary N) is 1. The molecule has 0 aliphatic carbocycles. The first-order valence-electron chi connectivity index (χ1n) is 10.8. The summed E-state index contributed by atoms with van der Waals surface area (Å²) in [6.45, 7) is 1.52. The molecule has 0 aliphatic heterocycles. The van der Waals surface area contributed by atoms with Crippen molar-refractivity contribution in [2.75, 3.05) is 14.2 Å². The summed E-state index contributed by atoms with van der Waals surface area (Å²) < 4.78 is 12.4. The molecule has 0 spiro atoms. The summed E-state index contributed by atoms with van der Waals surface area (Å²) >= 11 is 0. The Balaban J connectivity index is 1.60. The molecule has 0 aliphatic rings. The summed E-state index contributed by atoms with van der Waals surface area (Å²) in [5.41, 5.74) is 5.16. The van der Waals surface area contributed by atoms with Gasteiger partial charge in [-0.1, -0.05) is 66.7 Å². The van der Waals surface area contributed by atoms with Gasteiger partial charge >= 0.3 is 0 Å². The monoisotopic (exact) mass is 441 g/mol. The normalized spacial score (nSPS) is 10.7. The van der Waals surface area contributed by atoms with Gasteiger partial charge in [-0.25, -0.2) is 0 Å². The minimum absolute atomic E-state index is 0.177. The molecule has 6 nitrogen and oxygen atoms in total. The van der Waals surface area contributed by atoms with Crippen molar-refractivity contribution in [1.82, 2.24) is 15.1 Å². The zero-order valence-electron chi connectivity index (χ0n) is 18.8. The molecule has 4 aromatic rings. The Labute approximate surface area is 193 Å². The van der Waals surface area contributed by atoms with E-state index in [0.717, 1.165) is 22.3 Å². The maximum absolute atomic E-state index is 13.2. The van der Waals surface area contributed by atoms with Crippen molar-refractivity contribution in [3.8, 4) is 17.0 Å². The predicted octanol–water partition coefficient (Wildman–Crippen LogP) is 4.68. The number of aromatic nitrogens is 2. The molecule has 33 heavy (non-hydrogen) atoms. The van der Waals surface area contributed by atoms with E-state index in [-0.39, 0.29) is 5.91 Å². The van der Waals surface area contributed by atoms with Gasteiger partial charge in [0.05, 0.1) is 25.8 Å². The first kappa shape index (κ1) is 22.3. The third kappa shape index (κ3) is 5.67. The molecule has 1 amide bonds.